The first-order valence-electron chi connectivity index (χ1n) is 40.2. The number of hydrogen-bond acceptors (Lipinski definition) is 28. The van der Waals surface area contributed by atoms with Crippen molar-refractivity contribution in [2.75, 3.05) is 74.8 Å². The first-order valence-corrected chi connectivity index (χ1v) is 61.8. The number of thiophene rings is 2. The number of para-hydroxylation sites is 1. The molecule has 1 saturated carbocycles. The maximum Gasteiger partial charge on any atom is 0.387 e. The fourth-order valence-electron chi connectivity index (χ4n) is 8.95. The van der Waals surface area contributed by atoms with E-state index in [0.29, 0.717) is 45.9 Å². The van der Waals surface area contributed by atoms with Gasteiger partial charge in [-0.2, -0.15) is 20.1 Å². The van der Waals surface area contributed by atoms with E-state index >= 15 is 0 Å². The van der Waals surface area contributed by atoms with Gasteiger partial charge < -0.3 is 4.74 Å². The maximum atomic E-state index is 12.0. The Kier molecular flexibility index (Phi) is 90.5. The average Bonchev–Trinajstić information content (AvgIpc) is 1.64. The molecule has 0 unspecified atom stereocenters. The molecule has 0 amide bonds. The number of rotatable bonds is 35. The van der Waals surface area contributed by atoms with Gasteiger partial charge in [-0.25, -0.2) is 92.6 Å². The van der Waals surface area contributed by atoms with E-state index in [1.54, 1.807) is 173 Å². The first-order chi connectivity index (χ1) is 58.1. The Morgan fingerprint density at radius 2 is 0.763 bits per heavy atom. The Bertz CT molecular complexity index is 5200. The van der Waals surface area contributed by atoms with E-state index in [4.69, 9.17) is 0 Å². The summed E-state index contributed by atoms with van der Waals surface area (Å²) in [6.45, 7) is 22.9. The van der Waals surface area contributed by atoms with Crippen molar-refractivity contribution in [1.82, 2.24) is 15.0 Å². The van der Waals surface area contributed by atoms with Crippen LogP contribution in [0.25, 0.3) is 0 Å². The summed E-state index contributed by atoms with van der Waals surface area (Å²) in [6.07, 6.45) is 11.6. The minimum atomic E-state index is -3.26. The second kappa shape index (κ2) is 79.3. The van der Waals surface area contributed by atoms with Crippen LogP contribution in [0.5, 0.6) is 5.75 Å². The van der Waals surface area contributed by atoms with Crippen LogP contribution in [-0.2, 0) is 148 Å². The van der Waals surface area contributed by atoms with Gasteiger partial charge in [0, 0.05) is 93.2 Å². The van der Waals surface area contributed by atoms with Crippen LogP contribution in [0.15, 0.2) is 198 Å². The summed E-state index contributed by atoms with van der Waals surface area (Å²) in [6, 6.07) is 41.4. The SMILES string of the molecule is C.C.C.C.C.C.C.C.C.C.CCCS(=O)(=O)C(C)C.CCCS(=O)(=O)c1ccccc1.CCS(=O)(=O)CC(C)C.CCS(=O)(=O)CC1CC1.CCS(=O)(=O)Cc1ccccc1.CCS(=O)(=O)Cc1ccccc1OC(F)F.CCS(=O)(=O)Cc1ccccn1.CCS(=O)(=O)Cc1cccnc1.CCS(=O)(=O)Cc1cccs1.CCS(=O)(=O)Cc1ccncc1.CCS(=O)(=O)Cc1ccsc1. The van der Waals surface area contributed by atoms with Crippen LogP contribution in [0.4, 0.5) is 8.78 Å². The van der Waals surface area contributed by atoms with Gasteiger partial charge in [-0.15, -0.1) is 11.3 Å². The van der Waals surface area contributed by atoms with E-state index in [2.05, 4.69) is 19.7 Å². The highest BCUT2D eigenvalue weighted by Crippen LogP contribution is 2.30. The fraction of sp³-hybridized carbons (Fsp3) is 0.564. The molecule has 0 aliphatic heterocycles. The Morgan fingerprint density at radius 1 is 0.363 bits per heavy atom. The molecule has 0 spiro atoms. The lowest BCUT2D eigenvalue weighted by atomic mass is 10.2. The van der Waals surface area contributed by atoms with Gasteiger partial charge in [0.25, 0.3) is 0 Å². The van der Waals surface area contributed by atoms with Crippen LogP contribution < -0.4 is 4.74 Å². The van der Waals surface area contributed by atoms with Gasteiger partial charge in [0.1, 0.15) is 25.4 Å². The summed E-state index contributed by atoms with van der Waals surface area (Å²) in [5, 5.41) is 5.44. The Morgan fingerprint density at radius 3 is 1.13 bits per heavy atom. The topological polar surface area (TPSA) is 423 Å². The van der Waals surface area contributed by atoms with Gasteiger partial charge in [-0.05, 0) is 150 Å². The van der Waals surface area contributed by atoms with Crippen LogP contribution in [0.3, 0.4) is 0 Å². The lowest BCUT2D eigenvalue weighted by Gasteiger charge is -2.10. The minimum Gasteiger partial charge on any atom is -0.435 e. The van der Waals surface area contributed by atoms with Crippen LogP contribution >= 0.6 is 22.7 Å². The van der Waals surface area contributed by atoms with Crippen molar-refractivity contribution in [3.05, 3.63) is 231 Å². The Hall–Kier alpha value is -6.38. The standard InChI is InChI=1S/C10H12F2O3S.2C9H12O2S.3C8H11NO2S.2C7H10O2S2.C6H12O2S.2C6H14O2S.10CH4/c1-2-16(13,14)7-8-5-3-4-6-9(8)15-10(11)12;1-2-12(10,11)8-9-6-4-3-5-7-9;1-2-8-12(10,11)9-6-4-3-5-7-9;1-2-12(10,11)7-8-3-5-9-6-4-8;1-2-12(10,11)7-8-4-3-5-9-6-8;1-2-12(10,11)7-8-5-3-4-6-9-8;1-2-11(8,9)6-7-3-4-10-5-7;1-2-11(8,9)6-7-4-3-5-10-7;1-2-9(7,8)5-6-3-4-6;1-4-9(7,8)5-6(2)3;1-4-5-9(7,8)6(2)3;;;;;;;;;;/h3-6,10H,2,7H2,1H3;2*3-7H,2,8H2,1H3;3*3-6H,2,7H2,1H3;2*3-5H,2,6H2,1H3;6H,2-5H2,1H3;2*6H,4-5H2,1-3H3;10*1H4. The predicted molar refractivity (Wildman–Crippen MR) is 575 cm³/mol. The van der Waals surface area contributed by atoms with Crippen molar-refractivity contribution in [1.29, 1.82) is 0 Å². The van der Waals surface area contributed by atoms with E-state index in [-0.39, 0.29) is 189 Å². The molecule has 0 radical (unpaired) electrons. The number of halogens is 2. The monoisotopic (exact) mass is 2160 g/mol. The van der Waals surface area contributed by atoms with Crippen LogP contribution in [0, 0.1) is 11.8 Å². The molecule has 26 nitrogen and oxygen atoms in total. The van der Waals surface area contributed by atoms with Crippen molar-refractivity contribution < 1.29 is 106 Å². The van der Waals surface area contributed by atoms with Gasteiger partial charge in [0.05, 0.1) is 79.1 Å². The summed E-state index contributed by atoms with van der Waals surface area (Å²) in [5.41, 5.74) is 4.17. The molecule has 5 heterocycles. The molecule has 1 aliphatic rings. The van der Waals surface area contributed by atoms with Gasteiger partial charge in [-0.3, -0.25) is 15.0 Å². The number of ether oxygens (including phenoxy) is 1. The van der Waals surface area contributed by atoms with Gasteiger partial charge in [0.15, 0.2) is 88.5 Å². The number of sulfone groups is 11. The largest absolute Gasteiger partial charge is 0.435 e. The molecule has 1 aliphatic carbocycles. The molecule has 790 valence electrons. The molecule has 5 aromatic heterocycles. The third-order valence-corrected chi connectivity index (χ3v) is 38.1. The molecule has 0 atom stereocenters. The second-order valence-electron chi connectivity index (χ2n) is 28.2. The van der Waals surface area contributed by atoms with E-state index < -0.39 is 115 Å². The second-order valence-corrected chi connectivity index (χ2v) is 56.1. The first kappa shape index (κ1) is 154. The molecule has 9 rings (SSSR count). The third kappa shape index (κ3) is 81.1. The highest BCUT2D eigenvalue weighted by molar-refractivity contribution is 7.93. The highest BCUT2D eigenvalue weighted by atomic mass is 32.2. The van der Waals surface area contributed by atoms with Gasteiger partial charge in [0.2, 0.25) is 0 Å². The molecule has 0 bridgehead atoms. The lowest BCUT2D eigenvalue weighted by molar-refractivity contribution is -0.0503. The maximum absolute atomic E-state index is 12.0. The average molecular weight is 2160 g/mol. The van der Waals surface area contributed by atoms with Crippen LogP contribution in [0.1, 0.15) is 242 Å². The van der Waals surface area contributed by atoms with E-state index in [0.717, 1.165) is 46.4 Å². The summed E-state index contributed by atoms with van der Waals surface area (Å²) < 4.78 is 273. The fourth-order valence-corrected chi connectivity index (χ4v) is 22.0. The number of aromatic nitrogens is 3. The van der Waals surface area contributed by atoms with Crippen molar-refractivity contribution in [3.8, 4) is 5.75 Å². The van der Waals surface area contributed by atoms with E-state index in [1.807, 2.05) is 98.4 Å². The highest BCUT2D eigenvalue weighted by Gasteiger charge is 2.27. The van der Waals surface area contributed by atoms with E-state index in [1.165, 1.54) is 47.8 Å². The smallest absolute Gasteiger partial charge is 0.387 e. The summed E-state index contributed by atoms with van der Waals surface area (Å²) >= 11 is 3.01. The molecular formula is C94H169F2N3O23S13. The van der Waals surface area contributed by atoms with Gasteiger partial charge >= 0.3 is 6.61 Å². The summed E-state index contributed by atoms with van der Waals surface area (Å²) in [5.74, 6) is 4.26. The summed E-state index contributed by atoms with van der Waals surface area (Å²) in [7, 11) is -31.7. The Labute approximate surface area is 829 Å². The van der Waals surface area contributed by atoms with Crippen molar-refractivity contribution >= 4 is 131 Å². The van der Waals surface area contributed by atoms with Crippen LogP contribution in [-0.4, -0.2) is 194 Å². The molecule has 41 heteroatoms. The molecule has 1 fully saturated rings. The van der Waals surface area contributed by atoms with E-state index in [9.17, 15) is 101 Å². The van der Waals surface area contributed by atoms with Crippen molar-refractivity contribution in [3.63, 3.8) is 0 Å². The third-order valence-electron chi connectivity index (χ3n) is 16.6. The molecule has 135 heavy (non-hydrogen) atoms. The molecule has 8 aromatic rings. The van der Waals surface area contributed by atoms with Gasteiger partial charge in [-0.1, -0.05) is 249 Å². The quantitative estimate of drug-likeness (QED) is 0.0356. The zero-order valence-corrected chi connectivity index (χ0v) is 84.7. The number of pyridine rings is 3. The molecule has 0 saturated heterocycles. The predicted octanol–water partition coefficient (Wildman–Crippen LogP) is 21.6. The lowest BCUT2D eigenvalue weighted by Crippen LogP contribution is -2.16. The van der Waals surface area contributed by atoms with Crippen LogP contribution in [0.2, 0.25) is 0 Å². The zero-order valence-electron chi connectivity index (χ0n) is 74.0. The normalized spacial score (nSPS) is 11.4. The molecule has 3 aromatic carbocycles. The minimum absolute atomic E-state index is 0. The number of benzene rings is 3. The van der Waals surface area contributed by atoms with Crippen molar-refractivity contribution in [2.24, 2.45) is 11.8 Å². The number of alkyl halides is 2. The number of nitrogens with zero attached hydrogens (tertiary/aromatic N) is 3. The molecular weight excluding hydrogens is 1990 g/mol. The Balaban J connectivity index is -0.000000123. The summed E-state index contributed by atoms with van der Waals surface area (Å²) in [4.78, 5) is 12.9. The number of hydrogen-bond donors (Lipinski definition) is 0. The molecule has 0 N–H and O–H groups in total. The zero-order chi connectivity index (χ0) is 95.8. The van der Waals surface area contributed by atoms with Crippen molar-refractivity contribution in [2.45, 2.75) is 261 Å².